The summed E-state index contributed by atoms with van der Waals surface area (Å²) in [6.07, 6.45) is 1.35. The monoisotopic (exact) mass is 548 g/mol. The van der Waals surface area contributed by atoms with E-state index in [9.17, 15) is 19.5 Å². The molecule has 0 aliphatic carbocycles. The number of hydrogen-bond donors (Lipinski definition) is 3. The largest absolute Gasteiger partial charge is 0.496 e. The molecule has 0 radical (unpaired) electrons. The lowest BCUT2D eigenvalue weighted by Crippen LogP contribution is -2.48. The summed E-state index contributed by atoms with van der Waals surface area (Å²) >= 11 is 0. The van der Waals surface area contributed by atoms with Crippen LogP contribution in [0.15, 0.2) is 23.8 Å². The van der Waals surface area contributed by atoms with Crippen LogP contribution in [-0.4, -0.2) is 61.4 Å². The number of unbranched alkanes of at least 4 members (excludes halogenated alkanes) is 1. The molecule has 0 heterocycles. The van der Waals surface area contributed by atoms with Crippen LogP contribution in [0.5, 0.6) is 5.75 Å². The quantitative estimate of drug-likeness (QED) is 0.122. The van der Waals surface area contributed by atoms with Gasteiger partial charge < -0.3 is 19.9 Å². The molecule has 0 saturated heterocycles. The van der Waals surface area contributed by atoms with Gasteiger partial charge in [0.2, 0.25) is 5.91 Å². The fraction of sp³-hybridized carbons (Fsp3) is 0.667. The summed E-state index contributed by atoms with van der Waals surface area (Å²) in [5.74, 6) is 0.726. The van der Waals surface area contributed by atoms with Crippen LogP contribution in [0.2, 0.25) is 0 Å². The Hall–Kier alpha value is -2.71. The van der Waals surface area contributed by atoms with Crippen molar-refractivity contribution in [2.75, 3.05) is 20.8 Å². The van der Waals surface area contributed by atoms with Crippen LogP contribution in [0.3, 0.4) is 0 Å². The molecule has 0 spiro atoms. The number of hydrogen-bond acceptors (Lipinski definition) is 8. The number of amides is 1. The van der Waals surface area contributed by atoms with Gasteiger partial charge in [0.25, 0.3) is 0 Å². The number of hydroxylamine groups is 1. The van der Waals surface area contributed by atoms with Gasteiger partial charge in [-0.15, -0.1) is 0 Å². The summed E-state index contributed by atoms with van der Waals surface area (Å²) in [6, 6.07) is 4.61. The lowest BCUT2D eigenvalue weighted by atomic mass is 9.80. The van der Waals surface area contributed by atoms with Gasteiger partial charge in [-0.25, -0.2) is 9.59 Å². The number of benzene rings is 1. The highest BCUT2D eigenvalue weighted by atomic mass is 16.7. The number of rotatable bonds is 16. The summed E-state index contributed by atoms with van der Waals surface area (Å²) < 4.78 is 10.5. The molecule has 0 aromatic heterocycles. The second-order valence-corrected chi connectivity index (χ2v) is 11.2. The molecule has 39 heavy (non-hydrogen) atoms. The van der Waals surface area contributed by atoms with Crippen LogP contribution in [0.1, 0.15) is 83.7 Å². The molecule has 0 unspecified atom stereocenters. The van der Waals surface area contributed by atoms with E-state index in [1.54, 1.807) is 19.1 Å². The van der Waals surface area contributed by atoms with Gasteiger partial charge in [-0.3, -0.25) is 9.63 Å². The van der Waals surface area contributed by atoms with Gasteiger partial charge in [0.1, 0.15) is 23.4 Å². The highest BCUT2D eigenvalue weighted by Crippen LogP contribution is 2.32. The first-order chi connectivity index (χ1) is 18.3. The molecule has 1 aromatic rings. The summed E-state index contributed by atoms with van der Waals surface area (Å²) in [5.41, 5.74) is 3.52. The molecule has 0 saturated carbocycles. The smallest absolute Gasteiger partial charge is 0.341 e. The molecule has 9 heteroatoms. The predicted octanol–water partition coefficient (Wildman–Crippen LogP) is 4.05. The zero-order chi connectivity index (χ0) is 29.8. The van der Waals surface area contributed by atoms with E-state index in [0.717, 1.165) is 18.4 Å². The Bertz CT molecular complexity index is 980. The Morgan fingerprint density at radius 2 is 1.79 bits per heavy atom. The molecule has 3 N–H and O–H groups in total. The van der Waals surface area contributed by atoms with Crippen molar-refractivity contribution in [1.29, 1.82) is 0 Å². The van der Waals surface area contributed by atoms with E-state index in [-0.39, 0.29) is 23.3 Å². The molecule has 220 valence electrons. The molecule has 1 aromatic carbocycles. The third kappa shape index (κ3) is 10.8. The molecular formula is C30H48N2O7. The predicted molar refractivity (Wildman–Crippen MR) is 151 cm³/mol. The van der Waals surface area contributed by atoms with Gasteiger partial charge in [-0.2, -0.15) is 5.48 Å². The molecule has 9 nitrogen and oxygen atoms in total. The van der Waals surface area contributed by atoms with E-state index >= 15 is 0 Å². The van der Waals surface area contributed by atoms with Crippen molar-refractivity contribution >= 4 is 17.8 Å². The zero-order valence-electron chi connectivity index (χ0n) is 25.1. The first-order valence-electron chi connectivity index (χ1n) is 13.7. The van der Waals surface area contributed by atoms with Crippen LogP contribution >= 0.6 is 0 Å². The Labute approximate surface area is 233 Å². The van der Waals surface area contributed by atoms with Crippen molar-refractivity contribution in [3.63, 3.8) is 0 Å². The Morgan fingerprint density at radius 3 is 2.31 bits per heavy atom. The van der Waals surface area contributed by atoms with Crippen LogP contribution in [-0.2, 0) is 25.6 Å². The highest BCUT2D eigenvalue weighted by Gasteiger charge is 2.34. The lowest BCUT2D eigenvalue weighted by molar-refractivity contribution is -0.124. The summed E-state index contributed by atoms with van der Waals surface area (Å²) in [4.78, 5) is 42.8. The van der Waals surface area contributed by atoms with E-state index in [2.05, 4.69) is 24.6 Å². The molecule has 4 atom stereocenters. The van der Waals surface area contributed by atoms with Crippen LogP contribution < -0.4 is 15.5 Å². The number of methoxy groups -OCH3 is 2. The topological polar surface area (TPSA) is 123 Å². The van der Waals surface area contributed by atoms with Crippen molar-refractivity contribution < 1.29 is 33.8 Å². The number of esters is 1. The van der Waals surface area contributed by atoms with E-state index in [1.807, 2.05) is 39.7 Å². The average molecular weight is 549 g/mol. The number of aliphatic hydroxyl groups is 1. The van der Waals surface area contributed by atoms with Crippen molar-refractivity contribution in [3.8, 4) is 5.75 Å². The maximum atomic E-state index is 12.7. The van der Waals surface area contributed by atoms with Crippen LogP contribution in [0.25, 0.3) is 0 Å². The van der Waals surface area contributed by atoms with Crippen molar-refractivity contribution in [1.82, 2.24) is 10.8 Å². The molecule has 1 rings (SSSR count). The van der Waals surface area contributed by atoms with Gasteiger partial charge >= 0.3 is 5.97 Å². The number of aliphatic hydroxyl groups excluding tert-OH is 1. The van der Waals surface area contributed by atoms with Crippen molar-refractivity contribution in [2.24, 2.45) is 17.8 Å². The van der Waals surface area contributed by atoms with Crippen LogP contribution in [0.4, 0.5) is 0 Å². The Balaban J connectivity index is 3.32. The van der Waals surface area contributed by atoms with Crippen molar-refractivity contribution in [2.45, 2.75) is 91.9 Å². The van der Waals surface area contributed by atoms with E-state index in [0.29, 0.717) is 30.7 Å². The van der Waals surface area contributed by atoms with Gasteiger partial charge in [-0.05, 0) is 70.4 Å². The minimum absolute atomic E-state index is 0.0240. The van der Waals surface area contributed by atoms with Crippen LogP contribution in [0, 0.1) is 17.8 Å². The first kappa shape index (κ1) is 34.3. The van der Waals surface area contributed by atoms with Gasteiger partial charge in [-0.1, -0.05) is 39.3 Å². The van der Waals surface area contributed by atoms with Crippen molar-refractivity contribution in [3.05, 3.63) is 34.9 Å². The third-order valence-corrected chi connectivity index (χ3v) is 6.71. The van der Waals surface area contributed by atoms with E-state index in [1.165, 1.54) is 14.2 Å². The number of ether oxygens (including phenoxy) is 2. The van der Waals surface area contributed by atoms with Gasteiger partial charge in [0.05, 0.1) is 37.4 Å². The van der Waals surface area contributed by atoms with E-state index in [4.69, 9.17) is 14.3 Å². The molecule has 1 amide bonds. The number of para-hydroxylation sites is 1. The maximum absolute atomic E-state index is 12.7. The first-order valence-corrected chi connectivity index (χ1v) is 13.7. The highest BCUT2D eigenvalue weighted by molar-refractivity contribution is 5.93. The fourth-order valence-electron chi connectivity index (χ4n) is 4.26. The fourth-order valence-corrected chi connectivity index (χ4v) is 4.26. The molecule has 0 fully saturated rings. The summed E-state index contributed by atoms with van der Waals surface area (Å²) in [7, 11) is 2.83. The Kier molecular flexibility index (Phi) is 14.4. The minimum atomic E-state index is -1.32. The minimum Gasteiger partial charge on any atom is -0.496 e. The van der Waals surface area contributed by atoms with Gasteiger partial charge in [0.15, 0.2) is 0 Å². The SMILES string of the molecule is CCCCNC(=O)[C@H](C)C(=C=O)[C@H](O)[C@H](C[C@H](Cc1cccc(C(=O)OC)c1OC)C(C)C)NOC(C)(C)C. The molecule has 0 aliphatic heterocycles. The second-order valence-electron chi connectivity index (χ2n) is 11.2. The van der Waals surface area contributed by atoms with E-state index < -0.39 is 29.6 Å². The molecular weight excluding hydrogens is 500 g/mol. The third-order valence-electron chi connectivity index (χ3n) is 6.71. The number of carbonyl (C=O) groups is 2. The number of carbonyl (C=O) groups excluding carboxylic acids is 3. The standard InChI is InChI=1S/C30H48N2O7/c1-10-11-15-31-28(35)20(4)24(18-33)26(34)25(32-39-30(5,6)7)17-22(19(2)3)16-21-13-12-14-23(27(21)37-8)29(36)38-9/h12-14,19-20,22,25-26,32,34H,10-11,15-17H2,1-9H3,(H,31,35)/t20-,22+,25+,26+/m1/s1. The average Bonchev–Trinajstić information content (AvgIpc) is 2.89. The second kappa shape index (κ2) is 16.4. The molecule has 0 aliphatic rings. The normalized spacial score (nSPS) is 14.6. The molecule has 0 bridgehead atoms. The number of nitrogens with one attached hydrogen (secondary N) is 2. The Morgan fingerprint density at radius 1 is 1.13 bits per heavy atom. The zero-order valence-corrected chi connectivity index (χ0v) is 25.1. The summed E-state index contributed by atoms with van der Waals surface area (Å²) in [6.45, 7) is 13.8. The maximum Gasteiger partial charge on any atom is 0.341 e. The van der Waals surface area contributed by atoms with Gasteiger partial charge in [0, 0.05) is 6.54 Å². The summed E-state index contributed by atoms with van der Waals surface area (Å²) in [5, 5.41) is 14.2. The lowest BCUT2D eigenvalue weighted by Gasteiger charge is -2.33.